The van der Waals surface area contributed by atoms with E-state index in [1.807, 2.05) is 6.92 Å². The maximum Gasteiger partial charge on any atom is 0.336 e. The Morgan fingerprint density at radius 1 is 1.69 bits per heavy atom. The van der Waals surface area contributed by atoms with Gasteiger partial charge in [0.1, 0.15) is 0 Å². The molecule has 0 radical (unpaired) electrons. The summed E-state index contributed by atoms with van der Waals surface area (Å²) in [6.07, 6.45) is 1.68. The highest BCUT2D eigenvalue weighted by molar-refractivity contribution is 7.84. The van der Waals surface area contributed by atoms with Crippen molar-refractivity contribution < 1.29 is 14.1 Å². The molecule has 1 rings (SSSR count). The number of thiophene rings is 1. The van der Waals surface area contributed by atoms with Crippen molar-refractivity contribution in [3.8, 4) is 0 Å². The molecule has 0 aliphatic heterocycles. The van der Waals surface area contributed by atoms with Crippen LogP contribution in [-0.4, -0.2) is 33.3 Å². The van der Waals surface area contributed by atoms with Crippen LogP contribution in [0.3, 0.4) is 0 Å². The van der Waals surface area contributed by atoms with Crippen LogP contribution in [0, 0.1) is 0 Å². The van der Waals surface area contributed by atoms with Crippen molar-refractivity contribution in [3.05, 3.63) is 21.9 Å². The molecule has 6 heteroatoms. The molecule has 0 fully saturated rings. The highest BCUT2D eigenvalue weighted by atomic mass is 32.2. The van der Waals surface area contributed by atoms with E-state index in [4.69, 9.17) is 5.11 Å². The standard InChI is InChI=1S/C10H15NO3S2/c1-7(16(2)14)4-11-5-9-3-8(6-15-9)10(12)13/h3,6-7,11H,4-5H2,1-2H3,(H,12,13). The van der Waals surface area contributed by atoms with Crippen LogP contribution in [0.5, 0.6) is 0 Å². The van der Waals surface area contributed by atoms with Crippen LogP contribution in [0.1, 0.15) is 22.2 Å². The predicted molar refractivity (Wildman–Crippen MR) is 66.5 cm³/mol. The average molecular weight is 261 g/mol. The Hall–Kier alpha value is -0.720. The zero-order valence-electron chi connectivity index (χ0n) is 9.23. The third-order valence-corrected chi connectivity index (χ3v) is 4.44. The summed E-state index contributed by atoms with van der Waals surface area (Å²) < 4.78 is 11.1. The average Bonchev–Trinajstić information content (AvgIpc) is 2.66. The highest BCUT2D eigenvalue weighted by Gasteiger charge is 2.08. The molecule has 0 saturated heterocycles. The molecule has 1 aromatic heterocycles. The van der Waals surface area contributed by atoms with Crippen molar-refractivity contribution in [2.45, 2.75) is 18.7 Å². The maximum atomic E-state index is 11.1. The van der Waals surface area contributed by atoms with Crippen LogP contribution in [0.15, 0.2) is 11.4 Å². The second-order valence-corrected chi connectivity index (χ2v) is 6.34. The van der Waals surface area contributed by atoms with E-state index in [2.05, 4.69) is 5.32 Å². The summed E-state index contributed by atoms with van der Waals surface area (Å²) in [4.78, 5) is 11.6. The molecule has 0 amide bonds. The van der Waals surface area contributed by atoms with Gasteiger partial charge in [0, 0.05) is 45.7 Å². The van der Waals surface area contributed by atoms with E-state index in [0.717, 1.165) is 4.88 Å². The second-order valence-electron chi connectivity index (χ2n) is 3.55. The molecule has 4 nitrogen and oxygen atoms in total. The Kier molecular flexibility index (Phi) is 5.11. The Labute approximate surface area is 101 Å². The molecular formula is C10H15NO3S2. The normalized spacial score (nSPS) is 14.6. The molecule has 0 spiro atoms. The fourth-order valence-electron chi connectivity index (χ4n) is 1.10. The molecule has 1 heterocycles. The van der Waals surface area contributed by atoms with Gasteiger partial charge in [-0.25, -0.2) is 4.79 Å². The molecule has 2 N–H and O–H groups in total. The van der Waals surface area contributed by atoms with Gasteiger partial charge < -0.3 is 10.4 Å². The van der Waals surface area contributed by atoms with Gasteiger partial charge in [-0.2, -0.15) is 0 Å². The van der Waals surface area contributed by atoms with Crippen molar-refractivity contribution in [2.24, 2.45) is 0 Å². The number of carboxylic acid groups (broad SMARTS) is 1. The molecule has 2 atom stereocenters. The van der Waals surface area contributed by atoms with E-state index in [1.165, 1.54) is 11.3 Å². The Morgan fingerprint density at radius 2 is 2.38 bits per heavy atom. The topological polar surface area (TPSA) is 66.4 Å². The monoisotopic (exact) mass is 261 g/mol. The van der Waals surface area contributed by atoms with E-state index in [9.17, 15) is 9.00 Å². The van der Waals surface area contributed by atoms with Gasteiger partial charge in [0.05, 0.1) is 5.56 Å². The lowest BCUT2D eigenvalue weighted by Gasteiger charge is -2.08. The summed E-state index contributed by atoms with van der Waals surface area (Å²) >= 11 is 1.42. The minimum Gasteiger partial charge on any atom is -0.478 e. The zero-order valence-corrected chi connectivity index (χ0v) is 10.9. The van der Waals surface area contributed by atoms with E-state index in [-0.39, 0.29) is 5.25 Å². The number of hydrogen-bond acceptors (Lipinski definition) is 4. The number of rotatable bonds is 6. The van der Waals surface area contributed by atoms with E-state index in [1.54, 1.807) is 17.7 Å². The van der Waals surface area contributed by atoms with Crippen LogP contribution >= 0.6 is 11.3 Å². The number of aromatic carboxylic acids is 1. The lowest BCUT2D eigenvalue weighted by Crippen LogP contribution is -2.26. The fraction of sp³-hybridized carbons (Fsp3) is 0.500. The van der Waals surface area contributed by atoms with Gasteiger partial charge in [0.2, 0.25) is 0 Å². The first-order valence-corrected chi connectivity index (χ1v) is 7.34. The minimum atomic E-state index is -0.898. The van der Waals surface area contributed by atoms with Gasteiger partial charge in [0.15, 0.2) is 0 Å². The van der Waals surface area contributed by atoms with Gasteiger partial charge in [-0.05, 0) is 13.0 Å². The van der Waals surface area contributed by atoms with Gasteiger partial charge in [-0.1, -0.05) is 0 Å². The van der Waals surface area contributed by atoms with Crippen molar-refractivity contribution in [1.82, 2.24) is 5.32 Å². The minimum absolute atomic E-state index is 0.110. The van der Waals surface area contributed by atoms with Crippen LogP contribution < -0.4 is 5.32 Å². The zero-order chi connectivity index (χ0) is 12.1. The lowest BCUT2D eigenvalue weighted by molar-refractivity contribution is 0.0697. The Balaban J connectivity index is 2.37. The summed E-state index contributed by atoms with van der Waals surface area (Å²) in [6, 6.07) is 1.66. The molecule has 16 heavy (non-hydrogen) atoms. The Bertz CT molecular complexity index is 389. The highest BCUT2D eigenvalue weighted by Crippen LogP contribution is 2.14. The SMILES string of the molecule is CC(CNCc1cc(C(=O)O)cs1)S(C)=O. The first-order valence-electron chi connectivity index (χ1n) is 4.84. The van der Waals surface area contributed by atoms with Crippen LogP contribution in [-0.2, 0) is 17.3 Å². The lowest BCUT2D eigenvalue weighted by atomic mass is 10.3. The van der Waals surface area contributed by atoms with Crippen molar-refractivity contribution in [3.63, 3.8) is 0 Å². The maximum absolute atomic E-state index is 11.1. The van der Waals surface area contributed by atoms with Crippen LogP contribution in [0.4, 0.5) is 0 Å². The molecule has 2 unspecified atom stereocenters. The van der Waals surface area contributed by atoms with E-state index < -0.39 is 16.8 Å². The molecule has 90 valence electrons. The molecular weight excluding hydrogens is 246 g/mol. The molecule has 0 aromatic carbocycles. The number of nitrogens with one attached hydrogen (secondary N) is 1. The van der Waals surface area contributed by atoms with E-state index >= 15 is 0 Å². The number of hydrogen-bond donors (Lipinski definition) is 2. The number of carbonyl (C=O) groups is 1. The fourth-order valence-corrected chi connectivity index (χ4v) is 2.28. The number of carboxylic acids is 1. The van der Waals surface area contributed by atoms with Gasteiger partial charge in [0.25, 0.3) is 0 Å². The molecule has 0 saturated carbocycles. The summed E-state index contributed by atoms with van der Waals surface area (Å²) in [6.45, 7) is 3.21. The molecule has 0 aliphatic carbocycles. The first-order chi connectivity index (χ1) is 7.50. The summed E-state index contributed by atoms with van der Waals surface area (Å²) in [7, 11) is -0.824. The van der Waals surface area contributed by atoms with Crippen molar-refractivity contribution >= 4 is 28.1 Å². The quantitative estimate of drug-likeness (QED) is 0.810. The Morgan fingerprint density at radius 3 is 2.88 bits per heavy atom. The van der Waals surface area contributed by atoms with Crippen LogP contribution in [0.2, 0.25) is 0 Å². The van der Waals surface area contributed by atoms with Crippen molar-refractivity contribution in [1.29, 1.82) is 0 Å². The molecule has 0 bridgehead atoms. The largest absolute Gasteiger partial charge is 0.478 e. The third kappa shape index (κ3) is 4.03. The summed E-state index contributed by atoms with van der Waals surface area (Å²) in [5, 5.41) is 13.6. The second kappa shape index (κ2) is 6.12. The van der Waals surface area contributed by atoms with Gasteiger partial charge in [-0.15, -0.1) is 11.3 Å². The molecule has 0 aliphatic rings. The first kappa shape index (κ1) is 13.3. The van der Waals surface area contributed by atoms with Gasteiger partial charge >= 0.3 is 5.97 Å². The summed E-state index contributed by atoms with van der Waals surface area (Å²) in [5.41, 5.74) is 0.328. The summed E-state index contributed by atoms with van der Waals surface area (Å²) in [5.74, 6) is -0.898. The van der Waals surface area contributed by atoms with Crippen molar-refractivity contribution in [2.75, 3.05) is 12.8 Å². The molecule has 1 aromatic rings. The van der Waals surface area contributed by atoms with Gasteiger partial charge in [-0.3, -0.25) is 4.21 Å². The smallest absolute Gasteiger partial charge is 0.336 e. The third-order valence-electron chi connectivity index (χ3n) is 2.20. The van der Waals surface area contributed by atoms with Crippen LogP contribution in [0.25, 0.3) is 0 Å². The van der Waals surface area contributed by atoms with E-state index in [0.29, 0.717) is 18.7 Å². The predicted octanol–water partition coefficient (Wildman–Crippen LogP) is 1.30.